The van der Waals surface area contributed by atoms with Gasteiger partial charge in [-0.05, 0) is 29.8 Å². The first-order chi connectivity index (χ1) is 11.1. The number of carbonyl (C=O) groups is 2. The summed E-state index contributed by atoms with van der Waals surface area (Å²) < 4.78 is 7.62. The lowest BCUT2D eigenvalue weighted by atomic mass is 10.2. The van der Waals surface area contributed by atoms with Crippen molar-refractivity contribution >= 4 is 38.7 Å². The Bertz CT molecular complexity index is 898. The zero-order valence-electron chi connectivity index (χ0n) is 12.5. The third-order valence-corrected chi connectivity index (χ3v) is 4.00. The minimum atomic E-state index is -0.559. The predicted octanol–water partition coefficient (Wildman–Crippen LogP) is 4.79. The molecule has 0 fully saturated rings. The number of ketones is 1. The van der Waals surface area contributed by atoms with E-state index in [9.17, 15) is 9.59 Å². The molecule has 116 valence electrons. The maximum Gasteiger partial charge on any atom is 0.419 e. The van der Waals surface area contributed by atoms with Crippen molar-refractivity contribution in [2.75, 3.05) is 0 Å². The largest absolute Gasteiger partial charge is 0.444 e. The molecular formula is C18H14BrNO3. The molecule has 0 unspecified atom stereocenters. The molecule has 0 aliphatic rings. The molecule has 0 saturated carbocycles. The Morgan fingerprint density at radius 1 is 1.09 bits per heavy atom. The number of nitrogens with zero attached hydrogens (tertiary/aromatic N) is 1. The molecule has 0 N–H and O–H groups in total. The number of rotatable bonds is 3. The molecule has 0 aliphatic carbocycles. The molecule has 3 rings (SSSR count). The van der Waals surface area contributed by atoms with E-state index in [1.165, 1.54) is 11.5 Å². The number of para-hydroxylation sites is 1. The summed E-state index contributed by atoms with van der Waals surface area (Å²) in [5.41, 5.74) is 1.86. The molecule has 0 bridgehead atoms. The highest BCUT2D eigenvalue weighted by atomic mass is 79.9. The molecule has 0 amide bonds. The van der Waals surface area contributed by atoms with Gasteiger partial charge in [-0.2, -0.15) is 0 Å². The average Bonchev–Trinajstić information content (AvgIpc) is 2.92. The van der Waals surface area contributed by atoms with E-state index in [0.717, 1.165) is 15.4 Å². The van der Waals surface area contributed by atoms with Gasteiger partial charge < -0.3 is 4.74 Å². The van der Waals surface area contributed by atoms with E-state index in [1.807, 2.05) is 42.5 Å². The Morgan fingerprint density at radius 2 is 1.87 bits per heavy atom. The Morgan fingerprint density at radius 3 is 2.61 bits per heavy atom. The highest BCUT2D eigenvalue weighted by molar-refractivity contribution is 9.10. The molecule has 1 aromatic heterocycles. The van der Waals surface area contributed by atoms with Crippen molar-refractivity contribution in [3.05, 3.63) is 70.3 Å². The Hall–Kier alpha value is -2.40. The summed E-state index contributed by atoms with van der Waals surface area (Å²) in [5, 5.41) is 0.831. The van der Waals surface area contributed by atoms with Crippen LogP contribution in [0.15, 0.2) is 59.1 Å². The van der Waals surface area contributed by atoms with Gasteiger partial charge in [0, 0.05) is 16.8 Å². The molecule has 0 saturated heterocycles. The fourth-order valence-corrected chi connectivity index (χ4v) is 2.89. The molecular weight excluding hydrogens is 358 g/mol. The minimum Gasteiger partial charge on any atom is -0.444 e. The molecule has 2 aromatic carbocycles. The van der Waals surface area contributed by atoms with Crippen molar-refractivity contribution in [1.82, 2.24) is 4.57 Å². The summed E-state index contributed by atoms with van der Waals surface area (Å²) in [4.78, 5) is 24.3. The number of hydrogen-bond acceptors (Lipinski definition) is 3. The van der Waals surface area contributed by atoms with Gasteiger partial charge in [-0.15, -0.1) is 0 Å². The average molecular weight is 372 g/mol. The number of halogens is 1. The number of hydrogen-bond donors (Lipinski definition) is 0. The van der Waals surface area contributed by atoms with Crippen LogP contribution in [0.25, 0.3) is 10.9 Å². The Balaban J connectivity index is 1.91. The van der Waals surface area contributed by atoms with Gasteiger partial charge in [-0.3, -0.25) is 4.79 Å². The predicted molar refractivity (Wildman–Crippen MR) is 91.7 cm³/mol. The SMILES string of the molecule is CC(=O)c1cc2ccccc2n1C(=O)OCc1cccc(Br)c1. The summed E-state index contributed by atoms with van der Waals surface area (Å²) in [6, 6.07) is 16.6. The van der Waals surface area contributed by atoms with Crippen LogP contribution < -0.4 is 0 Å². The van der Waals surface area contributed by atoms with Crippen molar-refractivity contribution in [2.24, 2.45) is 0 Å². The number of benzene rings is 2. The van der Waals surface area contributed by atoms with E-state index in [0.29, 0.717) is 11.2 Å². The van der Waals surface area contributed by atoms with Crippen LogP contribution in [0.2, 0.25) is 0 Å². The molecule has 5 heteroatoms. The number of ether oxygens (including phenoxy) is 1. The van der Waals surface area contributed by atoms with Crippen molar-refractivity contribution in [3.63, 3.8) is 0 Å². The van der Waals surface area contributed by atoms with Crippen LogP contribution in [0.3, 0.4) is 0 Å². The summed E-state index contributed by atoms with van der Waals surface area (Å²) in [5.74, 6) is -0.180. The van der Waals surface area contributed by atoms with Crippen molar-refractivity contribution < 1.29 is 14.3 Å². The lowest BCUT2D eigenvalue weighted by Crippen LogP contribution is -2.17. The monoisotopic (exact) mass is 371 g/mol. The highest BCUT2D eigenvalue weighted by Gasteiger charge is 2.18. The molecule has 1 heterocycles. The number of Topliss-reactive ketones (excluding diaryl/α,β-unsaturated/α-hetero) is 1. The number of fused-ring (bicyclic) bond motifs is 1. The Kier molecular flexibility index (Phi) is 4.30. The van der Waals surface area contributed by atoms with Crippen LogP contribution in [0.1, 0.15) is 23.0 Å². The van der Waals surface area contributed by atoms with E-state index >= 15 is 0 Å². The second kappa shape index (κ2) is 6.38. The van der Waals surface area contributed by atoms with Crippen molar-refractivity contribution in [2.45, 2.75) is 13.5 Å². The summed E-state index contributed by atoms with van der Waals surface area (Å²) in [6.45, 7) is 1.58. The van der Waals surface area contributed by atoms with Gasteiger partial charge in [0.1, 0.15) is 6.61 Å². The lowest BCUT2D eigenvalue weighted by molar-refractivity contribution is 0.0997. The zero-order chi connectivity index (χ0) is 16.4. The molecule has 3 aromatic rings. The quantitative estimate of drug-likeness (QED) is 0.621. The topological polar surface area (TPSA) is 48.3 Å². The fourth-order valence-electron chi connectivity index (χ4n) is 2.45. The second-order valence-electron chi connectivity index (χ2n) is 5.16. The molecule has 0 spiro atoms. The first-order valence-electron chi connectivity index (χ1n) is 7.09. The first kappa shape index (κ1) is 15.5. The van der Waals surface area contributed by atoms with Crippen LogP contribution in [-0.2, 0) is 11.3 Å². The van der Waals surface area contributed by atoms with E-state index in [1.54, 1.807) is 12.1 Å². The van der Waals surface area contributed by atoms with Gasteiger partial charge in [0.15, 0.2) is 5.78 Å². The normalized spacial score (nSPS) is 10.7. The van der Waals surface area contributed by atoms with Crippen molar-refractivity contribution in [3.8, 4) is 0 Å². The first-order valence-corrected chi connectivity index (χ1v) is 7.88. The third-order valence-electron chi connectivity index (χ3n) is 3.51. The smallest absolute Gasteiger partial charge is 0.419 e. The minimum absolute atomic E-state index is 0.141. The standard InChI is InChI=1S/C18H14BrNO3/c1-12(21)17-10-14-6-2-3-8-16(14)20(17)18(22)23-11-13-5-4-7-15(19)9-13/h2-10H,11H2,1H3. The van der Waals surface area contributed by atoms with Gasteiger partial charge >= 0.3 is 6.09 Å². The molecule has 0 atom stereocenters. The van der Waals surface area contributed by atoms with Crippen LogP contribution in [0, 0.1) is 0 Å². The molecule has 0 aliphatic heterocycles. The molecule has 0 radical (unpaired) electrons. The van der Waals surface area contributed by atoms with Gasteiger partial charge in [0.25, 0.3) is 0 Å². The summed E-state index contributed by atoms with van der Waals surface area (Å²) in [7, 11) is 0. The maximum atomic E-state index is 12.5. The van der Waals surface area contributed by atoms with Gasteiger partial charge in [0.2, 0.25) is 0 Å². The van der Waals surface area contributed by atoms with Gasteiger partial charge in [-0.1, -0.05) is 46.3 Å². The maximum absolute atomic E-state index is 12.5. The van der Waals surface area contributed by atoms with Gasteiger partial charge in [-0.25, -0.2) is 9.36 Å². The van der Waals surface area contributed by atoms with E-state index in [2.05, 4.69) is 15.9 Å². The highest BCUT2D eigenvalue weighted by Crippen LogP contribution is 2.21. The summed E-state index contributed by atoms with van der Waals surface area (Å²) in [6.07, 6.45) is -0.559. The fraction of sp³-hybridized carbons (Fsp3) is 0.111. The van der Waals surface area contributed by atoms with E-state index in [-0.39, 0.29) is 12.4 Å². The number of aromatic nitrogens is 1. The number of carbonyl (C=O) groups excluding carboxylic acids is 2. The van der Waals surface area contributed by atoms with E-state index in [4.69, 9.17) is 4.74 Å². The van der Waals surface area contributed by atoms with E-state index < -0.39 is 6.09 Å². The third kappa shape index (κ3) is 3.19. The zero-order valence-corrected chi connectivity index (χ0v) is 14.0. The molecule has 4 nitrogen and oxygen atoms in total. The van der Waals surface area contributed by atoms with Gasteiger partial charge in [0.05, 0.1) is 11.2 Å². The van der Waals surface area contributed by atoms with Crippen LogP contribution in [0.4, 0.5) is 4.79 Å². The molecule has 23 heavy (non-hydrogen) atoms. The summed E-state index contributed by atoms with van der Waals surface area (Å²) >= 11 is 3.38. The van der Waals surface area contributed by atoms with Crippen LogP contribution in [-0.4, -0.2) is 16.4 Å². The van der Waals surface area contributed by atoms with Crippen molar-refractivity contribution in [1.29, 1.82) is 0 Å². The Labute approximate surface area is 141 Å². The second-order valence-corrected chi connectivity index (χ2v) is 6.08. The van der Waals surface area contributed by atoms with Crippen LogP contribution >= 0.6 is 15.9 Å². The lowest BCUT2D eigenvalue weighted by Gasteiger charge is -2.09. The van der Waals surface area contributed by atoms with Crippen LogP contribution in [0.5, 0.6) is 0 Å².